The lowest BCUT2D eigenvalue weighted by molar-refractivity contribution is 0.0181. The van der Waals surface area contributed by atoms with Crippen molar-refractivity contribution in [2.75, 3.05) is 13.1 Å². The fourth-order valence-corrected chi connectivity index (χ4v) is 2.57. The first kappa shape index (κ1) is 14.2. The van der Waals surface area contributed by atoms with Gasteiger partial charge in [-0.25, -0.2) is 10.0 Å². The molecule has 0 spiro atoms. The van der Waals surface area contributed by atoms with Crippen molar-refractivity contribution in [3.8, 4) is 0 Å². The molecule has 0 N–H and O–H groups in total. The molecule has 7 nitrogen and oxygen atoms in total. The number of hydrogen-bond donors (Lipinski definition) is 0. The van der Waals surface area contributed by atoms with E-state index in [4.69, 9.17) is 4.52 Å². The van der Waals surface area contributed by atoms with Gasteiger partial charge in [-0.1, -0.05) is 11.2 Å². The van der Waals surface area contributed by atoms with E-state index in [0.29, 0.717) is 35.8 Å². The third-order valence-corrected chi connectivity index (χ3v) is 3.63. The van der Waals surface area contributed by atoms with Gasteiger partial charge in [0.1, 0.15) is 17.0 Å². The molecule has 2 amide bonds. The second-order valence-corrected chi connectivity index (χ2v) is 5.12. The smallest absolute Gasteiger partial charge is 0.291 e. The summed E-state index contributed by atoms with van der Waals surface area (Å²) in [5.74, 6) is -0.0872. The van der Waals surface area contributed by atoms with Crippen molar-refractivity contribution >= 4 is 11.8 Å². The lowest BCUT2D eigenvalue weighted by atomic mass is 10.2. The summed E-state index contributed by atoms with van der Waals surface area (Å²) in [5.41, 5.74) is 1.27. The molecular formula is C15H16N4O3. The second-order valence-electron chi connectivity index (χ2n) is 5.12. The van der Waals surface area contributed by atoms with Crippen molar-refractivity contribution in [2.24, 2.45) is 0 Å². The van der Waals surface area contributed by atoms with E-state index in [1.807, 2.05) is 0 Å². The number of carbonyl (C=O) groups excluding carboxylic acids is 2. The molecule has 7 heteroatoms. The number of rotatable bonds is 2. The van der Waals surface area contributed by atoms with E-state index in [1.54, 1.807) is 38.2 Å². The number of amides is 2. The van der Waals surface area contributed by atoms with Crippen LogP contribution >= 0.6 is 0 Å². The summed E-state index contributed by atoms with van der Waals surface area (Å²) in [6.45, 7) is 4.38. The molecule has 0 aromatic carbocycles. The van der Waals surface area contributed by atoms with Crippen LogP contribution in [0.3, 0.4) is 0 Å². The molecule has 0 bridgehead atoms. The first-order valence-corrected chi connectivity index (χ1v) is 7.07. The zero-order valence-electron chi connectivity index (χ0n) is 12.4. The highest BCUT2D eigenvalue weighted by Gasteiger charge is 2.34. The largest absolute Gasteiger partial charge is 0.361 e. The van der Waals surface area contributed by atoms with Gasteiger partial charge in [0.2, 0.25) is 0 Å². The summed E-state index contributed by atoms with van der Waals surface area (Å²) in [6, 6.07) is 5.13. The maximum Gasteiger partial charge on any atom is 0.291 e. The molecule has 1 aliphatic heterocycles. The highest BCUT2D eigenvalue weighted by Crippen LogP contribution is 2.21. The summed E-state index contributed by atoms with van der Waals surface area (Å²) in [6.07, 6.45) is 2.29. The predicted octanol–water partition coefficient (Wildman–Crippen LogP) is 1.59. The van der Waals surface area contributed by atoms with E-state index in [2.05, 4.69) is 10.1 Å². The molecule has 1 aliphatic rings. The minimum absolute atomic E-state index is 0.266. The zero-order valence-corrected chi connectivity index (χ0v) is 12.4. The quantitative estimate of drug-likeness (QED) is 0.841. The number of nitrogens with zero attached hydrogens (tertiary/aromatic N) is 4. The van der Waals surface area contributed by atoms with E-state index >= 15 is 0 Å². The topological polar surface area (TPSA) is 79.5 Å². The summed E-state index contributed by atoms with van der Waals surface area (Å²) in [4.78, 5) is 29.3. The van der Waals surface area contributed by atoms with Crippen LogP contribution in [-0.4, -0.2) is 45.1 Å². The van der Waals surface area contributed by atoms with Crippen molar-refractivity contribution < 1.29 is 14.1 Å². The molecule has 0 saturated carbocycles. The normalized spacial score (nSPS) is 14.5. The lowest BCUT2D eigenvalue weighted by Crippen LogP contribution is -2.45. The molecular weight excluding hydrogens is 284 g/mol. The van der Waals surface area contributed by atoms with E-state index in [0.717, 1.165) is 6.42 Å². The summed E-state index contributed by atoms with van der Waals surface area (Å²) in [7, 11) is 0. The van der Waals surface area contributed by atoms with Gasteiger partial charge in [-0.2, -0.15) is 0 Å². The first-order chi connectivity index (χ1) is 10.6. The molecule has 0 aliphatic carbocycles. The van der Waals surface area contributed by atoms with Gasteiger partial charge in [-0.15, -0.1) is 0 Å². The van der Waals surface area contributed by atoms with Gasteiger partial charge in [-0.05, 0) is 32.4 Å². The maximum atomic E-state index is 12.7. The fraction of sp³-hybridized carbons (Fsp3) is 0.333. The van der Waals surface area contributed by atoms with E-state index in [1.165, 1.54) is 10.0 Å². The van der Waals surface area contributed by atoms with E-state index < -0.39 is 0 Å². The molecule has 3 rings (SSSR count). The van der Waals surface area contributed by atoms with Gasteiger partial charge >= 0.3 is 0 Å². The minimum Gasteiger partial charge on any atom is -0.361 e. The Morgan fingerprint density at radius 3 is 2.45 bits per heavy atom. The van der Waals surface area contributed by atoms with Crippen LogP contribution in [0.15, 0.2) is 28.9 Å². The molecule has 22 heavy (non-hydrogen) atoms. The van der Waals surface area contributed by atoms with Gasteiger partial charge in [0, 0.05) is 19.3 Å². The number of hydrazine groups is 1. The summed E-state index contributed by atoms with van der Waals surface area (Å²) >= 11 is 0. The van der Waals surface area contributed by atoms with Crippen LogP contribution in [0.2, 0.25) is 0 Å². The lowest BCUT2D eigenvalue weighted by Gasteiger charge is -2.27. The number of hydrogen-bond acceptors (Lipinski definition) is 5. The van der Waals surface area contributed by atoms with Gasteiger partial charge in [0.15, 0.2) is 0 Å². The fourth-order valence-electron chi connectivity index (χ4n) is 2.57. The van der Waals surface area contributed by atoms with Gasteiger partial charge in [0.05, 0.1) is 5.69 Å². The highest BCUT2D eigenvalue weighted by atomic mass is 16.5. The Morgan fingerprint density at radius 1 is 1.14 bits per heavy atom. The average Bonchev–Trinajstić information content (AvgIpc) is 3.14. The van der Waals surface area contributed by atoms with Gasteiger partial charge < -0.3 is 4.52 Å². The van der Waals surface area contributed by atoms with Crippen molar-refractivity contribution in [1.29, 1.82) is 0 Å². The van der Waals surface area contributed by atoms with Gasteiger partial charge in [-0.3, -0.25) is 14.6 Å². The Bertz CT molecular complexity index is 691. The summed E-state index contributed by atoms with van der Waals surface area (Å²) in [5, 5.41) is 6.69. The van der Waals surface area contributed by atoms with E-state index in [9.17, 15) is 9.59 Å². The zero-order chi connectivity index (χ0) is 15.7. The summed E-state index contributed by atoms with van der Waals surface area (Å²) < 4.78 is 5.04. The molecule has 1 saturated heterocycles. The monoisotopic (exact) mass is 300 g/mol. The van der Waals surface area contributed by atoms with Crippen LogP contribution in [-0.2, 0) is 0 Å². The predicted molar refractivity (Wildman–Crippen MR) is 76.9 cm³/mol. The van der Waals surface area contributed by atoms with Crippen LogP contribution in [0, 0.1) is 13.8 Å². The van der Waals surface area contributed by atoms with Gasteiger partial charge in [0.25, 0.3) is 11.8 Å². The first-order valence-electron chi connectivity index (χ1n) is 7.07. The van der Waals surface area contributed by atoms with Crippen LogP contribution < -0.4 is 0 Å². The number of aryl methyl sites for hydroxylation is 2. The molecule has 2 aromatic heterocycles. The van der Waals surface area contributed by atoms with E-state index in [-0.39, 0.29) is 11.8 Å². The van der Waals surface area contributed by atoms with Crippen LogP contribution in [0.5, 0.6) is 0 Å². The standard InChI is InChI=1S/C15H16N4O3/c1-10-13(11(2)22-17-10)15(21)19-9-5-8-18(19)14(20)12-6-3-4-7-16-12/h3-4,6-7H,5,8-9H2,1-2H3. The molecule has 0 atom stereocenters. The minimum atomic E-state index is -0.279. The molecule has 1 fully saturated rings. The number of aromatic nitrogens is 2. The number of carbonyl (C=O) groups is 2. The third-order valence-electron chi connectivity index (χ3n) is 3.63. The van der Waals surface area contributed by atoms with Crippen LogP contribution in [0.1, 0.15) is 38.7 Å². The van der Waals surface area contributed by atoms with Crippen molar-refractivity contribution in [3.63, 3.8) is 0 Å². The Kier molecular flexibility index (Phi) is 3.62. The van der Waals surface area contributed by atoms with Crippen molar-refractivity contribution in [2.45, 2.75) is 20.3 Å². The van der Waals surface area contributed by atoms with Crippen molar-refractivity contribution in [3.05, 3.63) is 47.1 Å². The SMILES string of the molecule is Cc1noc(C)c1C(=O)N1CCCN1C(=O)c1ccccn1. The molecule has 2 aromatic rings. The average molecular weight is 300 g/mol. The Morgan fingerprint density at radius 2 is 1.86 bits per heavy atom. The number of pyridine rings is 1. The Labute approximate surface area is 127 Å². The second kappa shape index (κ2) is 5.59. The van der Waals surface area contributed by atoms with Crippen molar-refractivity contribution in [1.82, 2.24) is 20.2 Å². The van der Waals surface area contributed by atoms with Crippen LogP contribution in [0.25, 0.3) is 0 Å². The Hall–Kier alpha value is -2.70. The maximum absolute atomic E-state index is 12.7. The van der Waals surface area contributed by atoms with Crippen LogP contribution in [0.4, 0.5) is 0 Å². The third kappa shape index (κ3) is 2.34. The Balaban J connectivity index is 1.88. The molecule has 0 radical (unpaired) electrons. The highest BCUT2D eigenvalue weighted by molar-refractivity contribution is 5.99. The molecule has 114 valence electrons. The molecule has 3 heterocycles. The molecule has 0 unspecified atom stereocenters.